The summed E-state index contributed by atoms with van der Waals surface area (Å²) in [5, 5.41) is 0.793. The molecule has 2 aromatic carbocycles. The summed E-state index contributed by atoms with van der Waals surface area (Å²) in [5.74, 6) is 0.0759. The van der Waals surface area contributed by atoms with Gasteiger partial charge in [0.2, 0.25) is 0 Å². The third-order valence-corrected chi connectivity index (χ3v) is 6.70. The molecule has 0 saturated carbocycles. The molecule has 0 radical (unpaired) electrons. The number of carbonyl (C=O) groups is 1. The van der Waals surface area contributed by atoms with E-state index in [9.17, 15) is 4.79 Å². The topological polar surface area (TPSA) is 36.4 Å². The van der Waals surface area contributed by atoms with Gasteiger partial charge in [0, 0.05) is 36.8 Å². The lowest BCUT2D eigenvalue weighted by Gasteiger charge is -2.40. The highest BCUT2D eigenvalue weighted by molar-refractivity contribution is 9.10. The molecule has 0 N–H and O–H groups in total. The molecule has 1 aliphatic heterocycles. The first-order valence-electron chi connectivity index (χ1n) is 10.00. The number of halogens is 1. The van der Waals surface area contributed by atoms with E-state index in [0.29, 0.717) is 18.7 Å². The number of aromatic nitrogens is 1. The first kappa shape index (κ1) is 21.1. The SMILES string of the molecule is CSc1ncccc1C(=O)N1CCN([C@@H](c2ccccc2)c2ccc(Br)cc2)CC1. The number of thioether (sulfide) groups is 1. The number of rotatable bonds is 5. The molecule has 154 valence electrons. The maximum absolute atomic E-state index is 13.1. The van der Waals surface area contributed by atoms with Gasteiger partial charge >= 0.3 is 0 Å². The molecule has 1 aliphatic rings. The molecule has 1 fully saturated rings. The molecule has 0 spiro atoms. The number of pyridine rings is 1. The Hall–Kier alpha value is -2.15. The van der Waals surface area contributed by atoms with Gasteiger partial charge in [-0.3, -0.25) is 9.69 Å². The van der Waals surface area contributed by atoms with E-state index in [0.717, 1.165) is 22.6 Å². The molecule has 3 aromatic rings. The molecule has 1 saturated heterocycles. The van der Waals surface area contributed by atoms with Gasteiger partial charge in [0.15, 0.2) is 0 Å². The summed E-state index contributed by atoms with van der Waals surface area (Å²) in [7, 11) is 0. The van der Waals surface area contributed by atoms with Crippen molar-refractivity contribution in [3.63, 3.8) is 0 Å². The second kappa shape index (κ2) is 9.77. The largest absolute Gasteiger partial charge is 0.336 e. The van der Waals surface area contributed by atoms with Crippen molar-refractivity contribution in [3.8, 4) is 0 Å². The summed E-state index contributed by atoms with van der Waals surface area (Å²) >= 11 is 5.06. The lowest BCUT2D eigenvalue weighted by atomic mass is 9.96. The number of piperazine rings is 1. The molecular formula is C24H24BrN3OS. The zero-order valence-corrected chi connectivity index (χ0v) is 19.3. The Morgan fingerprint density at radius 2 is 1.60 bits per heavy atom. The average Bonchev–Trinajstić information content (AvgIpc) is 2.81. The van der Waals surface area contributed by atoms with Crippen LogP contribution in [0.1, 0.15) is 27.5 Å². The van der Waals surface area contributed by atoms with E-state index in [4.69, 9.17) is 0 Å². The van der Waals surface area contributed by atoms with Gasteiger partial charge in [-0.05, 0) is 41.6 Å². The minimum absolute atomic E-state index is 0.0759. The Morgan fingerprint density at radius 3 is 2.27 bits per heavy atom. The van der Waals surface area contributed by atoms with Crippen LogP contribution in [0, 0.1) is 0 Å². The Bertz CT molecular complexity index is 989. The van der Waals surface area contributed by atoms with Crippen molar-refractivity contribution in [2.45, 2.75) is 11.1 Å². The molecule has 30 heavy (non-hydrogen) atoms. The zero-order valence-electron chi connectivity index (χ0n) is 16.9. The van der Waals surface area contributed by atoms with E-state index in [2.05, 4.69) is 80.4 Å². The third-order valence-electron chi connectivity index (χ3n) is 5.46. The number of amides is 1. The van der Waals surface area contributed by atoms with Crippen molar-refractivity contribution in [1.82, 2.24) is 14.8 Å². The Morgan fingerprint density at radius 1 is 0.933 bits per heavy atom. The van der Waals surface area contributed by atoms with E-state index in [1.54, 1.807) is 6.20 Å². The molecule has 4 nitrogen and oxygen atoms in total. The monoisotopic (exact) mass is 481 g/mol. The predicted octanol–water partition coefficient (Wildman–Crippen LogP) is 5.11. The fraction of sp³-hybridized carbons (Fsp3) is 0.250. The van der Waals surface area contributed by atoms with Crippen molar-refractivity contribution in [2.75, 3.05) is 32.4 Å². The highest BCUT2D eigenvalue weighted by Crippen LogP contribution is 2.31. The smallest absolute Gasteiger partial charge is 0.256 e. The summed E-state index contributed by atoms with van der Waals surface area (Å²) in [6.07, 6.45) is 3.70. The van der Waals surface area contributed by atoms with Crippen molar-refractivity contribution in [3.05, 3.63) is 94.1 Å². The van der Waals surface area contributed by atoms with Gasteiger partial charge in [0.1, 0.15) is 5.03 Å². The predicted molar refractivity (Wildman–Crippen MR) is 126 cm³/mol. The Kier molecular flexibility index (Phi) is 6.87. The zero-order chi connectivity index (χ0) is 20.9. The maximum Gasteiger partial charge on any atom is 0.256 e. The fourth-order valence-corrected chi connectivity index (χ4v) is 4.77. The molecule has 2 heterocycles. The van der Waals surface area contributed by atoms with Crippen LogP contribution in [0.3, 0.4) is 0 Å². The van der Waals surface area contributed by atoms with Crippen molar-refractivity contribution >= 4 is 33.6 Å². The van der Waals surface area contributed by atoms with E-state index in [1.807, 2.05) is 23.3 Å². The van der Waals surface area contributed by atoms with Gasteiger partial charge in [-0.15, -0.1) is 11.8 Å². The van der Waals surface area contributed by atoms with Gasteiger partial charge in [-0.2, -0.15) is 0 Å². The molecule has 1 aromatic heterocycles. The quantitative estimate of drug-likeness (QED) is 0.474. The third kappa shape index (κ3) is 4.61. The second-order valence-corrected chi connectivity index (χ2v) is 8.96. The highest BCUT2D eigenvalue weighted by atomic mass is 79.9. The number of benzene rings is 2. The molecule has 1 amide bonds. The minimum atomic E-state index is 0.0759. The summed E-state index contributed by atoms with van der Waals surface area (Å²) in [6.45, 7) is 3.08. The molecule has 1 atom stereocenters. The average molecular weight is 482 g/mol. The van der Waals surface area contributed by atoms with E-state index in [-0.39, 0.29) is 11.9 Å². The summed E-state index contributed by atoms with van der Waals surface area (Å²) in [5.41, 5.74) is 3.24. The van der Waals surface area contributed by atoms with Gasteiger partial charge in [0.05, 0.1) is 11.6 Å². The van der Waals surface area contributed by atoms with Gasteiger partial charge in [-0.25, -0.2) is 4.98 Å². The summed E-state index contributed by atoms with van der Waals surface area (Å²) in [4.78, 5) is 21.9. The lowest BCUT2D eigenvalue weighted by molar-refractivity contribution is 0.0593. The van der Waals surface area contributed by atoms with Crippen LogP contribution in [0.5, 0.6) is 0 Å². The lowest BCUT2D eigenvalue weighted by Crippen LogP contribution is -2.50. The van der Waals surface area contributed by atoms with Gasteiger partial charge in [-0.1, -0.05) is 58.4 Å². The van der Waals surface area contributed by atoms with Crippen LogP contribution in [0.25, 0.3) is 0 Å². The Labute approximate surface area is 190 Å². The number of hydrogen-bond acceptors (Lipinski definition) is 4. The normalized spacial score (nSPS) is 15.7. The molecular weight excluding hydrogens is 458 g/mol. The molecule has 4 rings (SSSR count). The Balaban J connectivity index is 1.53. The number of carbonyl (C=O) groups excluding carboxylic acids is 1. The van der Waals surface area contributed by atoms with E-state index in [1.165, 1.54) is 22.9 Å². The van der Waals surface area contributed by atoms with Crippen LogP contribution in [-0.2, 0) is 0 Å². The van der Waals surface area contributed by atoms with Gasteiger partial charge in [0.25, 0.3) is 5.91 Å². The van der Waals surface area contributed by atoms with Crippen LogP contribution >= 0.6 is 27.7 Å². The number of nitrogens with zero attached hydrogens (tertiary/aromatic N) is 3. The fourth-order valence-electron chi connectivity index (χ4n) is 3.96. The molecule has 6 heteroatoms. The molecule has 0 bridgehead atoms. The van der Waals surface area contributed by atoms with Crippen LogP contribution in [0.15, 0.2) is 82.4 Å². The van der Waals surface area contributed by atoms with Crippen molar-refractivity contribution in [1.29, 1.82) is 0 Å². The first-order chi connectivity index (χ1) is 14.7. The maximum atomic E-state index is 13.1. The second-order valence-electron chi connectivity index (χ2n) is 7.25. The number of hydrogen-bond donors (Lipinski definition) is 0. The van der Waals surface area contributed by atoms with E-state index < -0.39 is 0 Å². The highest BCUT2D eigenvalue weighted by Gasteiger charge is 2.29. The summed E-state index contributed by atoms with van der Waals surface area (Å²) in [6, 6.07) is 23.0. The van der Waals surface area contributed by atoms with Gasteiger partial charge < -0.3 is 4.90 Å². The minimum Gasteiger partial charge on any atom is -0.336 e. The molecule has 0 aliphatic carbocycles. The molecule has 0 unspecified atom stereocenters. The standard InChI is InChI=1S/C24H24BrN3OS/c1-30-23-21(8-5-13-26-23)24(29)28-16-14-27(15-17-28)22(18-6-3-2-4-7-18)19-9-11-20(25)12-10-19/h2-13,22H,14-17H2,1H3/t22-/m0/s1. The van der Waals surface area contributed by atoms with Crippen LogP contribution in [-0.4, -0.2) is 53.1 Å². The van der Waals surface area contributed by atoms with E-state index >= 15 is 0 Å². The van der Waals surface area contributed by atoms with Crippen LogP contribution in [0.4, 0.5) is 0 Å². The first-order valence-corrected chi connectivity index (χ1v) is 12.0. The van der Waals surface area contributed by atoms with Crippen LogP contribution in [0.2, 0.25) is 0 Å². The van der Waals surface area contributed by atoms with Crippen molar-refractivity contribution < 1.29 is 4.79 Å². The van der Waals surface area contributed by atoms with Crippen LogP contribution < -0.4 is 0 Å². The summed E-state index contributed by atoms with van der Waals surface area (Å²) < 4.78 is 1.08. The van der Waals surface area contributed by atoms with Crippen molar-refractivity contribution in [2.24, 2.45) is 0 Å².